The van der Waals surface area contributed by atoms with Gasteiger partial charge >= 0.3 is 0 Å². The van der Waals surface area contributed by atoms with Crippen LogP contribution in [0.2, 0.25) is 0 Å². The Kier molecular flexibility index (Phi) is 10.9. The van der Waals surface area contributed by atoms with Crippen molar-refractivity contribution >= 4 is 40.2 Å². The number of methoxy groups -OCH3 is 1. The molecule has 1 spiro atoms. The summed E-state index contributed by atoms with van der Waals surface area (Å²) in [4.78, 5) is 31.2. The SMILES string of the molecule is COc1ccccc1C(CCN1CCC2(CC1)CCN(Cc1ccc(Br)cc1)C2=O)NC(=O)C1CCCCC1.Cl. The minimum absolute atomic E-state index is 0. The van der Waals surface area contributed by atoms with Gasteiger partial charge in [-0.1, -0.05) is 65.5 Å². The van der Waals surface area contributed by atoms with Crippen LogP contribution in [0.4, 0.5) is 0 Å². The Labute approximate surface area is 253 Å². The number of rotatable bonds is 9. The van der Waals surface area contributed by atoms with Crippen LogP contribution in [-0.2, 0) is 16.1 Å². The zero-order valence-corrected chi connectivity index (χ0v) is 26.0. The van der Waals surface area contributed by atoms with Crippen LogP contribution < -0.4 is 10.1 Å². The monoisotopic (exact) mass is 631 g/mol. The Morgan fingerprint density at radius 1 is 1.02 bits per heavy atom. The number of carbonyl (C=O) groups is 2. The minimum atomic E-state index is -0.205. The second-order valence-corrected chi connectivity index (χ2v) is 12.6. The number of hydrogen-bond acceptors (Lipinski definition) is 4. The fourth-order valence-electron chi connectivity index (χ4n) is 6.75. The maximum absolute atomic E-state index is 13.5. The van der Waals surface area contributed by atoms with Crippen molar-refractivity contribution in [3.05, 3.63) is 64.1 Å². The van der Waals surface area contributed by atoms with E-state index in [0.717, 1.165) is 93.3 Å². The van der Waals surface area contributed by atoms with Gasteiger partial charge < -0.3 is 19.9 Å². The Morgan fingerprint density at radius 3 is 2.40 bits per heavy atom. The van der Waals surface area contributed by atoms with Gasteiger partial charge in [0.2, 0.25) is 11.8 Å². The zero-order chi connectivity index (χ0) is 27.2. The van der Waals surface area contributed by atoms with Crippen LogP contribution in [0.3, 0.4) is 0 Å². The average Bonchev–Trinajstić information content (AvgIpc) is 3.27. The van der Waals surface area contributed by atoms with Crippen LogP contribution >= 0.6 is 28.3 Å². The van der Waals surface area contributed by atoms with Crippen LogP contribution in [0.15, 0.2) is 53.0 Å². The zero-order valence-electron chi connectivity index (χ0n) is 23.6. The number of piperidine rings is 1. The van der Waals surface area contributed by atoms with Crippen LogP contribution in [0.25, 0.3) is 0 Å². The lowest BCUT2D eigenvalue weighted by atomic mass is 9.77. The first kappa shape index (κ1) is 30.9. The number of nitrogens with one attached hydrogen (secondary N) is 1. The molecule has 3 fully saturated rings. The predicted octanol–water partition coefficient (Wildman–Crippen LogP) is 6.52. The summed E-state index contributed by atoms with van der Waals surface area (Å²) in [5, 5.41) is 3.40. The highest BCUT2D eigenvalue weighted by Gasteiger charge is 2.47. The van der Waals surface area contributed by atoms with Gasteiger partial charge in [0.25, 0.3) is 0 Å². The van der Waals surface area contributed by atoms with E-state index in [2.05, 4.69) is 49.2 Å². The topological polar surface area (TPSA) is 61.9 Å². The molecule has 1 atom stereocenters. The summed E-state index contributed by atoms with van der Waals surface area (Å²) < 4.78 is 6.73. The summed E-state index contributed by atoms with van der Waals surface area (Å²) in [6.07, 6.45) is 9.12. The number of carbonyl (C=O) groups excluding carboxylic acids is 2. The van der Waals surface area contributed by atoms with E-state index < -0.39 is 0 Å². The van der Waals surface area contributed by atoms with Crippen molar-refractivity contribution < 1.29 is 14.3 Å². The maximum Gasteiger partial charge on any atom is 0.229 e. The molecule has 40 heavy (non-hydrogen) atoms. The van der Waals surface area contributed by atoms with E-state index in [1.54, 1.807) is 7.11 Å². The van der Waals surface area contributed by atoms with Crippen LogP contribution in [0, 0.1) is 11.3 Å². The van der Waals surface area contributed by atoms with Gasteiger partial charge in [-0.25, -0.2) is 0 Å². The molecular formula is C32H43BrClN3O3. The van der Waals surface area contributed by atoms with E-state index in [1.807, 2.05) is 30.3 Å². The molecule has 2 aromatic rings. The van der Waals surface area contributed by atoms with Gasteiger partial charge in [0.05, 0.1) is 18.6 Å². The highest BCUT2D eigenvalue weighted by atomic mass is 79.9. The molecule has 8 heteroatoms. The molecule has 5 rings (SSSR count). The molecule has 2 heterocycles. The second kappa shape index (κ2) is 14.2. The highest BCUT2D eigenvalue weighted by molar-refractivity contribution is 9.10. The van der Waals surface area contributed by atoms with E-state index in [-0.39, 0.29) is 35.7 Å². The first-order valence-corrected chi connectivity index (χ1v) is 15.5. The lowest BCUT2D eigenvalue weighted by molar-refractivity contribution is -0.139. The Morgan fingerprint density at radius 2 is 1.70 bits per heavy atom. The van der Waals surface area contributed by atoms with Crippen molar-refractivity contribution in [2.24, 2.45) is 11.3 Å². The highest BCUT2D eigenvalue weighted by Crippen LogP contribution is 2.42. The quantitative estimate of drug-likeness (QED) is 0.342. The number of benzene rings is 2. The van der Waals surface area contributed by atoms with Crippen LogP contribution in [-0.4, -0.2) is 54.9 Å². The summed E-state index contributed by atoms with van der Waals surface area (Å²) in [6.45, 7) is 4.28. The second-order valence-electron chi connectivity index (χ2n) is 11.7. The number of likely N-dealkylation sites (tertiary alicyclic amines) is 2. The van der Waals surface area contributed by atoms with Gasteiger partial charge in [0, 0.05) is 35.6 Å². The molecule has 2 aliphatic heterocycles. The first-order valence-electron chi connectivity index (χ1n) is 14.7. The average molecular weight is 633 g/mol. The smallest absolute Gasteiger partial charge is 0.229 e. The van der Waals surface area contributed by atoms with E-state index >= 15 is 0 Å². The molecule has 0 radical (unpaired) electrons. The summed E-state index contributed by atoms with van der Waals surface area (Å²) in [7, 11) is 1.70. The van der Waals surface area contributed by atoms with Gasteiger partial charge in [-0.15, -0.1) is 12.4 Å². The predicted molar refractivity (Wildman–Crippen MR) is 165 cm³/mol. The molecule has 6 nitrogen and oxygen atoms in total. The van der Waals surface area contributed by atoms with Gasteiger partial charge in [0.15, 0.2) is 0 Å². The molecule has 0 aromatic heterocycles. The number of amides is 2. The van der Waals surface area contributed by atoms with Crippen LogP contribution in [0.1, 0.15) is 75.0 Å². The molecule has 1 aliphatic carbocycles. The normalized spacial score (nSPS) is 20.2. The fraction of sp³-hybridized carbons (Fsp3) is 0.562. The van der Waals surface area contributed by atoms with E-state index in [1.165, 1.54) is 12.0 Å². The summed E-state index contributed by atoms with van der Waals surface area (Å²) in [6, 6.07) is 16.2. The van der Waals surface area contributed by atoms with Crippen molar-refractivity contribution in [3.8, 4) is 5.75 Å². The van der Waals surface area contributed by atoms with E-state index in [9.17, 15) is 9.59 Å². The molecular weight excluding hydrogens is 590 g/mol. The van der Waals surface area contributed by atoms with Crippen molar-refractivity contribution in [1.82, 2.24) is 15.1 Å². The van der Waals surface area contributed by atoms with Crippen molar-refractivity contribution in [3.63, 3.8) is 0 Å². The molecule has 1 unspecified atom stereocenters. The Bertz CT molecular complexity index is 1130. The third-order valence-corrected chi connectivity index (χ3v) is 9.77. The molecule has 1 N–H and O–H groups in total. The van der Waals surface area contributed by atoms with Crippen LogP contribution in [0.5, 0.6) is 5.75 Å². The standard InChI is InChI=1S/C32H42BrN3O3.ClH/c1-39-29-10-6-5-9-27(29)28(34-30(37)25-7-3-2-4-8-25)15-19-35-20-16-32(17-21-35)18-22-36(31(32)38)23-24-11-13-26(33)14-12-24;/h5-6,9-14,25,28H,2-4,7-8,15-23H2,1H3,(H,34,37);1H. The lowest BCUT2D eigenvalue weighted by Crippen LogP contribution is -2.45. The number of ether oxygens (including phenoxy) is 1. The number of hydrogen-bond donors (Lipinski definition) is 1. The van der Waals surface area contributed by atoms with Gasteiger partial charge in [-0.3, -0.25) is 9.59 Å². The van der Waals surface area contributed by atoms with Crippen molar-refractivity contribution in [2.75, 3.05) is 33.3 Å². The van der Waals surface area contributed by atoms with Gasteiger partial charge in [-0.2, -0.15) is 0 Å². The molecule has 218 valence electrons. The number of para-hydroxylation sites is 1. The fourth-order valence-corrected chi connectivity index (χ4v) is 7.01. The first-order chi connectivity index (χ1) is 19.0. The van der Waals surface area contributed by atoms with E-state index in [0.29, 0.717) is 12.5 Å². The third kappa shape index (κ3) is 7.21. The molecule has 2 aromatic carbocycles. The minimum Gasteiger partial charge on any atom is -0.496 e. The lowest BCUT2D eigenvalue weighted by Gasteiger charge is -2.38. The number of halogens is 2. The van der Waals surface area contributed by atoms with Gasteiger partial charge in [0.1, 0.15) is 5.75 Å². The summed E-state index contributed by atoms with van der Waals surface area (Å²) in [5.41, 5.74) is 2.02. The summed E-state index contributed by atoms with van der Waals surface area (Å²) in [5.74, 6) is 1.47. The molecule has 3 aliphatic rings. The Hall–Kier alpha value is -2.09. The van der Waals surface area contributed by atoms with Crippen molar-refractivity contribution in [1.29, 1.82) is 0 Å². The van der Waals surface area contributed by atoms with E-state index in [4.69, 9.17) is 4.74 Å². The number of nitrogens with zero attached hydrogens (tertiary/aromatic N) is 2. The molecule has 1 saturated carbocycles. The summed E-state index contributed by atoms with van der Waals surface area (Å²) >= 11 is 3.49. The Balaban J connectivity index is 0.00000370. The largest absolute Gasteiger partial charge is 0.496 e. The van der Waals surface area contributed by atoms with Crippen molar-refractivity contribution in [2.45, 2.75) is 70.4 Å². The third-order valence-electron chi connectivity index (χ3n) is 9.24. The maximum atomic E-state index is 13.5. The molecule has 2 saturated heterocycles. The van der Waals surface area contributed by atoms with Gasteiger partial charge in [-0.05, 0) is 75.4 Å². The molecule has 2 amide bonds. The molecule has 0 bridgehead atoms.